The van der Waals surface area contributed by atoms with Crippen LogP contribution in [0.1, 0.15) is 29.2 Å². The van der Waals surface area contributed by atoms with Gasteiger partial charge in [0.05, 0.1) is 11.3 Å². The molecule has 0 atom stereocenters. The summed E-state index contributed by atoms with van der Waals surface area (Å²) in [6.45, 7) is 3.10. The molecule has 148 valence electrons. The average molecular weight is 406 g/mol. The molecule has 0 saturated heterocycles. The maximum absolute atomic E-state index is 12.8. The number of rotatable bonds is 6. The van der Waals surface area contributed by atoms with Crippen LogP contribution in [0, 0.1) is 0 Å². The first kappa shape index (κ1) is 19.7. The second kappa shape index (κ2) is 7.52. The van der Waals surface area contributed by atoms with E-state index in [1.54, 1.807) is 13.8 Å². The number of nitrogens with zero attached hydrogens (tertiary/aromatic N) is 3. The number of amides is 2. The number of benzene rings is 1. The van der Waals surface area contributed by atoms with E-state index in [9.17, 15) is 14.4 Å². The number of hydrogen-bond donors (Lipinski definition) is 2. The fourth-order valence-corrected chi connectivity index (χ4v) is 3.38. The van der Waals surface area contributed by atoms with Gasteiger partial charge in [0.1, 0.15) is 23.9 Å². The number of anilines is 2. The molecule has 0 bridgehead atoms. The number of carbonyl (C=O) groups is 3. The number of aromatic nitrogens is 2. The number of aromatic carboxylic acids is 1. The standard InChI is InChI=1S/C17H18N4O6S/c1-17(2)15(25)21(10-5-4-9(14(23)24)6-11(10)27-17)7-12(22)18-16-20-19-13(28-16)8-26-3/h4-6H,7-8H2,1-3H3,(H,23,24)(H,18,20,22). The van der Waals surface area contributed by atoms with Crippen molar-refractivity contribution in [2.24, 2.45) is 0 Å². The van der Waals surface area contributed by atoms with Gasteiger partial charge in [0.15, 0.2) is 5.60 Å². The van der Waals surface area contributed by atoms with Crippen LogP contribution in [0.3, 0.4) is 0 Å². The third-order valence-electron chi connectivity index (χ3n) is 3.91. The largest absolute Gasteiger partial charge is 0.478 e. The predicted octanol–water partition coefficient (Wildman–Crippen LogP) is 1.53. The van der Waals surface area contributed by atoms with Crippen molar-refractivity contribution in [1.29, 1.82) is 0 Å². The van der Waals surface area contributed by atoms with Crippen LogP contribution < -0.4 is 15.0 Å². The lowest BCUT2D eigenvalue weighted by molar-refractivity contribution is -0.133. The van der Waals surface area contributed by atoms with Gasteiger partial charge in [-0.3, -0.25) is 19.8 Å². The molecule has 2 N–H and O–H groups in total. The minimum atomic E-state index is -1.25. The van der Waals surface area contributed by atoms with Gasteiger partial charge in [-0.15, -0.1) is 10.2 Å². The van der Waals surface area contributed by atoms with Gasteiger partial charge in [-0.05, 0) is 32.0 Å². The van der Waals surface area contributed by atoms with Gasteiger partial charge in [0.2, 0.25) is 11.0 Å². The van der Waals surface area contributed by atoms with Crippen molar-refractivity contribution < 1.29 is 29.0 Å². The van der Waals surface area contributed by atoms with E-state index in [0.29, 0.717) is 15.8 Å². The number of methoxy groups -OCH3 is 1. The Morgan fingerprint density at radius 3 is 2.79 bits per heavy atom. The molecule has 0 fully saturated rings. The van der Waals surface area contributed by atoms with Gasteiger partial charge in [-0.25, -0.2) is 4.79 Å². The van der Waals surface area contributed by atoms with E-state index in [4.69, 9.17) is 14.6 Å². The van der Waals surface area contributed by atoms with Crippen LogP contribution in [-0.4, -0.2) is 52.3 Å². The molecule has 2 aromatic rings. The Balaban J connectivity index is 1.82. The van der Waals surface area contributed by atoms with Crippen LogP contribution in [0.2, 0.25) is 0 Å². The first-order chi connectivity index (χ1) is 13.2. The third-order valence-corrected chi connectivity index (χ3v) is 4.72. The lowest BCUT2D eigenvalue weighted by atomic mass is 10.0. The molecular weight excluding hydrogens is 388 g/mol. The van der Waals surface area contributed by atoms with Crippen LogP contribution in [0.4, 0.5) is 10.8 Å². The van der Waals surface area contributed by atoms with E-state index in [1.807, 2.05) is 0 Å². The Morgan fingerprint density at radius 2 is 2.11 bits per heavy atom. The zero-order valence-electron chi connectivity index (χ0n) is 15.4. The van der Waals surface area contributed by atoms with Crippen molar-refractivity contribution >= 4 is 39.9 Å². The summed E-state index contributed by atoms with van der Waals surface area (Å²) in [6.07, 6.45) is 0. The number of carbonyl (C=O) groups excluding carboxylic acids is 2. The summed E-state index contributed by atoms with van der Waals surface area (Å²) in [5, 5.41) is 20.4. The fourth-order valence-electron chi connectivity index (χ4n) is 2.65. The van der Waals surface area contributed by atoms with Crippen molar-refractivity contribution in [3.63, 3.8) is 0 Å². The van der Waals surface area contributed by atoms with Crippen LogP contribution in [0.25, 0.3) is 0 Å². The topological polar surface area (TPSA) is 131 Å². The van der Waals surface area contributed by atoms with Gasteiger partial charge < -0.3 is 14.6 Å². The number of nitrogens with one attached hydrogen (secondary N) is 1. The lowest BCUT2D eigenvalue weighted by Gasteiger charge is -2.38. The number of hydrogen-bond acceptors (Lipinski definition) is 8. The quantitative estimate of drug-likeness (QED) is 0.738. The minimum Gasteiger partial charge on any atom is -0.478 e. The van der Waals surface area contributed by atoms with Crippen LogP contribution in [-0.2, 0) is 20.9 Å². The second-order valence-corrected chi connectivity index (χ2v) is 7.54. The van der Waals surface area contributed by atoms with Crippen molar-refractivity contribution in [3.8, 4) is 5.75 Å². The van der Waals surface area contributed by atoms with E-state index in [0.717, 1.165) is 0 Å². The van der Waals surface area contributed by atoms with E-state index in [1.165, 1.54) is 41.5 Å². The molecule has 2 heterocycles. The van der Waals surface area contributed by atoms with E-state index >= 15 is 0 Å². The molecule has 10 nitrogen and oxygen atoms in total. The summed E-state index contributed by atoms with van der Waals surface area (Å²) < 4.78 is 10.6. The summed E-state index contributed by atoms with van der Waals surface area (Å²) in [5.41, 5.74) is -0.909. The maximum atomic E-state index is 12.8. The Kier molecular flexibility index (Phi) is 5.29. The predicted molar refractivity (Wildman–Crippen MR) is 99.7 cm³/mol. The minimum absolute atomic E-state index is 0.0211. The highest BCUT2D eigenvalue weighted by Crippen LogP contribution is 2.38. The summed E-state index contributed by atoms with van der Waals surface area (Å²) >= 11 is 1.17. The summed E-state index contributed by atoms with van der Waals surface area (Å²) in [7, 11) is 1.53. The normalized spacial score (nSPS) is 15.0. The number of ether oxygens (including phenoxy) is 2. The zero-order valence-corrected chi connectivity index (χ0v) is 16.2. The molecule has 2 amide bonds. The Morgan fingerprint density at radius 1 is 1.36 bits per heavy atom. The lowest BCUT2D eigenvalue weighted by Crippen LogP contribution is -2.54. The fraction of sp³-hybridized carbons (Fsp3) is 0.353. The first-order valence-electron chi connectivity index (χ1n) is 8.21. The second-order valence-electron chi connectivity index (χ2n) is 6.47. The smallest absolute Gasteiger partial charge is 0.335 e. The van der Waals surface area contributed by atoms with Crippen LogP contribution >= 0.6 is 11.3 Å². The SMILES string of the molecule is COCc1nnc(NC(=O)CN2C(=O)C(C)(C)Oc3cc(C(=O)O)ccc32)s1. The molecule has 1 aliphatic rings. The highest BCUT2D eigenvalue weighted by atomic mass is 32.1. The molecule has 0 aliphatic carbocycles. The Labute approximate surface area is 164 Å². The summed E-state index contributed by atoms with van der Waals surface area (Å²) in [6, 6.07) is 4.13. The molecule has 3 rings (SSSR count). The molecule has 1 aromatic heterocycles. The van der Waals surface area contributed by atoms with Crippen molar-refractivity contribution in [2.75, 3.05) is 23.9 Å². The van der Waals surface area contributed by atoms with Crippen molar-refractivity contribution in [3.05, 3.63) is 28.8 Å². The highest BCUT2D eigenvalue weighted by molar-refractivity contribution is 7.15. The molecule has 0 unspecified atom stereocenters. The first-order valence-corrected chi connectivity index (χ1v) is 9.02. The molecule has 0 spiro atoms. The molecule has 28 heavy (non-hydrogen) atoms. The van der Waals surface area contributed by atoms with Gasteiger partial charge in [-0.2, -0.15) is 0 Å². The van der Waals surface area contributed by atoms with E-state index in [2.05, 4.69) is 15.5 Å². The van der Waals surface area contributed by atoms with Crippen LogP contribution in [0.5, 0.6) is 5.75 Å². The Bertz CT molecular complexity index is 941. The highest BCUT2D eigenvalue weighted by Gasteiger charge is 2.41. The van der Waals surface area contributed by atoms with Gasteiger partial charge in [0, 0.05) is 7.11 Å². The Hall–Kier alpha value is -3.05. The monoisotopic (exact) mass is 406 g/mol. The number of fused-ring (bicyclic) bond motifs is 1. The maximum Gasteiger partial charge on any atom is 0.335 e. The number of carboxylic acids is 1. The van der Waals surface area contributed by atoms with Crippen molar-refractivity contribution in [2.45, 2.75) is 26.1 Å². The molecule has 0 radical (unpaired) electrons. The molecular formula is C17H18N4O6S. The van der Waals surface area contributed by atoms with Gasteiger partial charge in [-0.1, -0.05) is 11.3 Å². The summed E-state index contributed by atoms with van der Waals surface area (Å²) in [4.78, 5) is 37.7. The summed E-state index contributed by atoms with van der Waals surface area (Å²) in [5.74, 6) is -1.79. The van der Waals surface area contributed by atoms with E-state index in [-0.39, 0.29) is 24.5 Å². The molecule has 0 saturated carbocycles. The average Bonchev–Trinajstić information content (AvgIpc) is 3.05. The van der Waals surface area contributed by atoms with E-state index < -0.39 is 23.4 Å². The molecule has 1 aliphatic heterocycles. The molecule has 1 aromatic carbocycles. The zero-order chi connectivity index (χ0) is 20.5. The van der Waals surface area contributed by atoms with Crippen LogP contribution in [0.15, 0.2) is 18.2 Å². The van der Waals surface area contributed by atoms with Crippen molar-refractivity contribution in [1.82, 2.24) is 10.2 Å². The molecule has 11 heteroatoms. The third kappa shape index (κ3) is 3.94. The van der Waals surface area contributed by atoms with Gasteiger partial charge >= 0.3 is 5.97 Å². The number of carboxylic acid groups (broad SMARTS) is 1. The van der Waals surface area contributed by atoms with Gasteiger partial charge in [0.25, 0.3) is 5.91 Å².